The summed E-state index contributed by atoms with van der Waals surface area (Å²) in [6.07, 6.45) is 4.19. The summed E-state index contributed by atoms with van der Waals surface area (Å²) in [5.74, 6) is -0.189. The molecule has 1 aromatic carbocycles. The van der Waals surface area contributed by atoms with E-state index in [1.807, 2.05) is 0 Å². The molecule has 116 valence electrons. The topological polar surface area (TPSA) is 95.5 Å². The maximum absolute atomic E-state index is 12.0. The minimum absolute atomic E-state index is 0.0656. The molecule has 0 saturated carbocycles. The van der Waals surface area contributed by atoms with Gasteiger partial charge in [-0.2, -0.15) is 0 Å². The molecule has 6 nitrogen and oxygen atoms in total. The van der Waals surface area contributed by atoms with Gasteiger partial charge in [0.25, 0.3) is 5.69 Å². The molecule has 21 heavy (non-hydrogen) atoms. The molecular weight excluding hydrogens is 272 g/mol. The Morgan fingerprint density at radius 2 is 2.14 bits per heavy atom. The van der Waals surface area contributed by atoms with Gasteiger partial charge in [-0.15, -0.1) is 0 Å². The number of unbranched alkanes of at least 4 members (excludes halogenated alkanes) is 1. The van der Waals surface area contributed by atoms with Crippen molar-refractivity contribution >= 4 is 17.3 Å². The van der Waals surface area contributed by atoms with Gasteiger partial charge in [0.2, 0.25) is 0 Å². The molecule has 1 aromatic rings. The molecule has 0 heterocycles. The van der Waals surface area contributed by atoms with Crippen LogP contribution in [0.3, 0.4) is 0 Å². The van der Waals surface area contributed by atoms with Crippen LogP contribution in [-0.4, -0.2) is 17.5 Å². The van der Waals surface area contributed by atoms with E-state index < -0.39 is 10.9 Å². The van der Waals surface area contributed by atoms with E-state index in [0.29, 0.717) is 12.5 Å². The molecular formula is C15H22N2O4. The van der Waals surface area contributed by atoms with Crippen LogP contribution in [-0.2, 0) is 4.74 Å². The lowest BCUT2D eigenvalue weighted by molar-refractivity contribution is -0.384. The summed E-state index contributed by atoms with van der Waals surface area (Å²) in [7, 11) is 0. The summed E-state index contributed by atoms with van der Waals surface area (Å²) < 4.78 is 5.27. The van der Waals surface area contributed by atoms with Crippen molar-refractivity contribution in [3.05, 3.63) is 33.9 Å². The molecule has 2 N–H and O–H groups in total. The largest absolute Gasteiger partial charge is 0.462 e. The first-order valence-corrected chi connectivity index (χ1v) is 7.20. The van der Waals surface area contributed by atoms with Gasteiger partial charge >= 0.3 is 5.97 Å². The Labute approximate surface area is 124 Å². The highest BCUT2D eigenvalue weighted by atomic mass is 16.6. The first kappa shape index (κ1) is 16.9. The van der Waals surface area contributed by atoms with E-state index in [0.717, 1.165) is 25.7 Å². The van der Waals surface area contributed by atoms with Gasteiger partial charge in [-0.25, -0.2) is 4.79 Å². The van der Waals surface area contributed by atoms with Gasteiger partial charge in [-0.05, 0) is 18.4 Å². The number of nitro groups is 1. The summed E-state index contributed by atoms with van der Waals surface area (Å²) in [5, 5.41) is 10.6. The summed E-state index contributed by atoms with van der Waals surface area (Å²) in [6, 6.07) is 3.76. The van der Waals surface area contributed by atoms with Crippen LogP contribution < -0.4 is 5.73 Å². The second kappa shape index (κ2) is 8.24. The van der Waals surface area contributed by atoms with Crippen LogP contribution in [0.4, 0.5) is 11.4 Å². The third-order valence-electron chi connectivity index (χ3n) is 3.46. The lowest BCUT2D eigenvalue weighted by Crippen LogP contribution is -2.15. The Morgan fingerprint density at radius 1 is 1.43 bits per heavy atom. The normalized spacial score (nSPS) is 11.9. The lowest BCUT2D eigenvalue weighted by Gasteiger charge is -2.15. The van der Waals surface area contributed by atoms with Crippen molar-refractivity contribution in [3.63, 3.8) is 0 Å². The number of carbonyl (C=O) groups is 1. The first-order valence-electron chi connectivity index (χ1n) is 7.20. The van der Waals surface area contributed by atoms with Crippen molar-refractivity contribution in [1.82, 2.24) is 0 Å². The van der Waals surface area contributed by atoms with Crippen molar-refractivity contribution in [1.29, 1.82) is 0 Å². The van der Waals surface area contributed by atoms with E-state index in [4.69, 9.17) is 10.5 Å². The zero-order valence-electron chi connectivity index (χ0n) is 12.5. The summed E-state index contributed by atoms with van der Waals surface area (Å²) >= 11 is 0. The summed E-state index contributed by atoms with van der Waals surface area (Å²) in [5.41, 5.74) is 5.77. The highest BCUT2D eigenvalue weighted by Gasteiger charge is 2.17. The van der Waals surface area contributed by atoms with E-state index in [9.17, 15) is 14.9 Å². The minimum atomic E-state index is -0.552. The molecule has 0 spiro atoms. The lowest BCUT2D eigenvalue weighted by atomic mass is 10.0. The molecule has 0 aliphatic rings. The Balaban J connectivity index is 2.65. The second-order valence-electron chi connectivity index (χ2n) is 5.04. The van der Waals surface area contributed by atoms with Gasteiger partial charge in [0, 0.05) is 12.1 Å². The van der Waals surface area contributed by atoms with E-state index in [2.05, 4.69) is 13.8 Å². The van der Waals surface area contributed by atoms with Gasteiger partial charge in [0.1, 0.15) is 0 Å². The number of anilines is 1. The molecule has 0 aromatic heterocycles. The van der Waals surface area contributed by atoms with Crippen LogP contribution in [0, 0.1) is 16.0 Å². The van der Waals surface area contributed by atoms with Crippen molar-refractivity contribution in [2.75, 3.05) is 12.3 Å². The average Bonchev–Trinajstić information content (AvgIpc) is 2.46. The number of carbonyl (C=O) groups excluding carboxylic acids is 1. The zero-order valence-corrected chi connectivity index (χ0v) is 12.5. The molecule has 0 fully saturated rings. The fraction of sp³-hybridized carbons (Fsp3) is 0.533. The fourth-order valence-corrected chi connectivity index (χ4v) is 2.02. The first-order chi connectivity index (χ1) is 9.99. The number of hydrogen-bond donors (Lipinski definition) is 1. The quantitative estimate of drug-likeness (QED) is 0.342. The maximum Gasteiger partial charge on any atom is 0.340 e. The second-order valence-corrected chi connectivity index (χ2v) is 5.04. The smallest absolute Gasteiger partial charge is 0.340 e. The molecule has 0 amide bonds. The number of nitrogen functional groups attached to an aromatic ring is 1. The summed E-state index contributed by atoms with van der Waals surface area (Å²) in [6.45, 7) is 4.54. The predicted octanol–water partition coefficient (Wildman–Crippen LogP) is 3.55. The number of ether oxygens (including phenoxy) is 1. The van der Waals surface area contributed by atoms with Crippen molar-refractivity contribution in [2.24, 2.45) is 5.92 Å². The monoisotopic (exact) mass is 294 g/mol. The van der Waals surface area contributed by atoms with Crippen LogP contribution >= 0.6 is 0 Å². The Kier molecular flexibility index (Phi) is 6.65. The van der Waals surface area contributed by atoms with Crippen molar-refractivity contribution in [3.8, 4) is 0 Å². The van der Waals surface area contributed by atoms with Gasteiger partial charge in [-0.1, -0.05) is 33.1 Å². The third-order valence-corrected chi connectivity index (χ3v) is 3.46. The van der Waals surface area contributed by atoms with Crippen molar-refractivity contribution < 1.29 is 14.5 Å². The maximum atomic E-state index is 12.0. The minimum Gasteiger partial charge on any atom is -0.462 e. The number of esters is 1. The fourth-order valence-electron chi connectivity index (χ4n) is 2.02. The molecule has 0 radical (unpaired) electrons. The number of hydrogen-bond acceptors (Lipinski definition) is 5. The number of nitrogens with two attached hydrogens (primary N) is 1. The standard InChI is InChI=1S/C15H22N2O4/c1-3-5-6-11(4-2)10-21-15(18)13-8-7-12(17(19)20)9-14(13)16/h7-9,11H,3-6,10,16H2,1-2H3. The van der Waals surface area contributed by atoms with Gasteiger partial charge in [0.05, 0.1) is 22.8 Å². The van der Waals surface area contributed by atoms with Crippen LogP contribution in [0.2, 0.25) is 0 Å². The number of nitrogens with zero attached hydrogens (tertiary/aromatic N) is 1. The van der Waals surface area contributed by atoms with E-state index in [1.54, 1.807) is 0 Å². The highest BCUT2D eigenvalue weighted by Crippen LogP contribution is 2.21. The van der Waals surface area contributed by atoms with Gasteiger partial charge in [0.15, 0.2) is 0 Å². The molecule has 1 atom stereocenters. The molecule has 1 rings (SSSR count). The van der Waals surface area contributed by atoms with Gasteiger partial charge < -0.3 is 10.5 Å². The SMILES string of the molecule is CCCCC(CC)COC(=O)c1ccc([N+](=O)[O-])cc1N. The van der Waals surface area contributed by atoms with Crippen LogP contribution in [0.25, 0.3) is 0 Å². The highest BCUT2D eigenvalue weighted by molar-refractivity contribution is 5.95. The predicted molar refractivity (Wildman–Crippen MR) is 81.1 cm³/mol. The molecule has 0 aliphatic carbocycles. The Bertz CT molecular complexity index is 502. The van der Waals surface area contributed by atoms with E-state index in [-0.39, 0.29) is 16.9 Å². The number of benzene rings is 1. The van der Waals surface area contributed by atoms with E-state index >= 15 is 0 Å². The van der Waals surface area contributed by atoms with Crippen LogP contribution in [0.15, 0.2) is 18.2 Å². The van der Waals surface area contributed by atoms with E-state index in [1.165, 1.54) is 18.2 Å². The molecule has 6 heteroatoms. The molecule has 1 unspecified atom stereocenters. The Morgan fingerprint density at radius 3 is 2.67 bits per heavy atom. The van der Waals surface area contributed by atoms with Crippen LogP contribution in [0.5, 0.6) is 0 Å². The average molecular weight is 294 g/mol. The number of rotatable bonds is 8. The Hall–Kier alpha value is -2.11. The summed E-state index contributed by atoms with van der Waals surface area (Å²) in [4.78, 5) is 22.0. The molecule has 0 aliphatic heterocycles. The molecule has 0 saturated heterocycles. The number of nitro benzene ring substituents is 1. The van der Waals surface area contributed by atoms with Crippen molar-refractivity contribution in [2.45, 2.75) is 39.5 Å². The zero-order chi connectivity index (χ0) is 15.8. The van der Waals surface area contributed by atoms with Crippen LogP contribution in [0.1, 0.15) is 49.9 Å². The molecule has 0 bridgehead atoms. The number of non-ortho nitro benzene ring substituents is 1. The third kappa shape index (κ3) is 5.06. The van der Waals surface area contributed by atoms with Gasteiger partial charge in [-0.3, -0.25) is 10.1 Å².